The molecule has 0 radical (unpaired) electrons. The van der Waals surface area contributed by atoms with E-state index in [0.717, 1.165) is 31.2 Å². The Balaban J connectivity index is 1.74. The van der Waals surface area contributed by atoms with E-state index in [-0.39, 0.29) is 18.6 Å². The predicted molar refractivity (Wildman–Crippen MR) is 100.0 cm³/mol. The van der Waals surface area contributed by atoms with Crippen LogP contribution in [0.4, 0.5) is 4.79 Å². The lowest BCUT2D eigenvalue weighted by molar-refractivity contribution is 0.231. The quantitative estimate of drug-likeness (QED) is 0.739. The Morgan fingerprint density at radius 2 is 1.80 bits per heavy atom. The Labute approximate surface area is 151 Å². The Bertz CT molecular complexity index is 628. The van der Waals surface area contributed by atoms with E-state index in [1.807, 2.05) is 30.3 Å². The van der Waals surface area contributed by atoms with Gasteiger partial charge in [0, 0.05) is 25.7 Å². The molecule has 1 aliphatic rings. The topological polar surface area (TPSA) is 78.5 Å². The van der Waals surface area contributed by atoms with Crippen LogP contribution in [0.3, 0.4) is 0 Å². The predicted octanol–water partition coefficient (Wildman–Crippen LogP) is 2.12. The molecule has 25 heavy (non-hydrogen) atoms. The van der Waals surface area contributed by atoms with Gasteiger partial charge < -0.3 is 10.6 Å². The second-order valence-corrected chi connectivity index (χ2v) is 8.62. The molecule has 0 bridgehead atoms. The van der Waals surface area contributed by atoms with E-state index < -0.39 is 10.0 Å². The van der Waals surface area contributed by atoms with Crippen LogP contribution in [0.5, 0.6) is 0 Å². The summed E-state index contributed by atoms with van der Waals surface area (Å²) in [5.41, 5.74) is 1.10. The van der Waals surface area contributed by atoms with Crippen molar-refractivity contribution in [3.63, 3.8) is 0 Å². The molecule has 1 aromatic carbocycles. The van der Waals surface area contributed by atoms with Gasteiger partial charge in [0.2, 0.25) is 10.0 Å². The second-order valence-electron chi connectivity index (χ2n) is 6.63. The number of carbonyl (C=O) groups is 1. The zero-order chi connectivity index (χ0) is 18.1. The summed E-state index contributed by atoms with van der Waals surface area (Å²) in [5.74, 6) is 0. The highest BCUT2D eigenvalue weighted by Crippen LogP contribution is 2.17. The molecule has 0 aromatic heterocycles. The van der Waals surface area contributed by atoms with Gasteiger partial charge in [-0.3, -0.25) is 0 Å². The third-order valence-electron chi connectivity index (χ3n) is 4.55. The van der Waals surface area contributed by atoms with Crippen molar-refractivity contribution in [2.45, 2.75) is 44.6 Å². The van der Waals surface area contributed by atoms with Crippen molar-refractivity contribution >= 4 is 16.1 Å². The number of nitrogens with zero attached hydrogens (tertiary/aromatic N) is 1. The fourth-order valence-electron chi connectivity index (χ4n) is 3.12. The third-order valence-corrected chi connectivity index (χ3v) is 5.85. The minimum absolute atomic E-state index is 0.205. The molecule has 0 atom stereocenters. The highest BCUT2D eigenvalue weighted by molar-refractivity contribution is 7.88. The standard InChI is InChI=1S/C18H29N3O3S/c1-25(23,24)21(14-12-16-8-4-2-5-9-16)15-13-19-18(22)20-17-10-6-3-7-11-17/h2,4-5,8-9,17H,3,6-7,10-15H2,1H3,(H2,19,20,22). The van der Waals surface area contributed by atoms with Crippen LogP contribution in [0.25, 0.3) is 0 Å². The van der Waals surface area contributed by atoms with Gasteiger partial charge in [0.1, 0.15) is 0 Å². The summed E-state index contributed by atoms with van der Waals surface area (Å²) in [6, 6.07) is 9.83. The smallest absolute Gasteiger partial charge is 0.315 e. The van der Waals surface area contributed by atoms with Crippen molar-refractivity contribution < 1.29 is 13.2 Å². The Morgan fingerprint density at radius 1 is 1.12 bits per heavy atom. The molecule has 2 rings (SSSR count). The first-order valence-electron chi connectivity index (χ1n) is 8.98. The van der Waals surface area contributed by atoms with Gasteiger partial charge in [0.15, 0.2) is 0 Å². The molecule has 1 aliphatic carbocycles. The fraction of sp³-hybridized carbons (Fsp3) is 0.611. The molecule has 0 unspecified atom stereocenters. The summed E-state index contributed by atoms with van der Waals surface area (Å²) < 4.78 is 25.3. The number of urea groups is 1. The van der Waals surface area contributed by atoms with Gasteiger partial charge in [0.05, 0.1) is 6.26 Å². The number of hydrogen-bond donors (Lipinski definition) is 2. The average molecular weight is 368 g/mol. The van der Waals surface area contributed by atoms with Gasteiger partial charge >= 0.3 is 6.03 Å². The molecule has 2 N–H and O–H groups in total. The molecule has 6 nitrogen and oxygen atoms in total. The van der Waals surface area contributed by atoms with Gasteiger partial charge in [-0.2, -0.15) is 0 Å². The second kappa shape index (κ2) is 9.77. The van der Waals surface area contributed by atoms with Gasteiger partial charge in [-0.25, -0.2) is 17.5 Å². The molecule has 2 amide bonds. The molecular weight excluding hydrogens is 338 g/mol. The maximum atomic E-state index is 11.9. The molecule has 0 aliphatic heterocycles. The molecule has 0 saturated heterocycles. The molecule has 1 fully saturated rings. The van der Waals surface area contributed by atoms with Gasteiger partial charge in [0.25, 0.3) is 0 Å². The highest BCUT2D eigenvalue weighted by atomic mass is 32.2. The largest absolute Gasteiger partial charge is 0.337 e. The molecule has 1 saturated carbocycles. The summed E-state index contributed by atoms with van der Waals surface area (Å²) in [7, 11) is -3.30. The van der Waals surface area contributed by atoms with E-state index >= 15 is 0 Å². The van der Waals surface area contributed by atoms with Gasteiger partial charge in [-0.15, -0.1) is 0 Å². The fourth-order valence-corrected chi connectivity index (χ4v) is 3.97. The number of hydrogen-bond acceptors (Lipinski definition) is 3. The third kappa shape index (κ3) is 7.44. The van der Waals surface area contributed by atoms with Crippen LogP contribution in [0, 0.1) is 0 Å². The van der Waals surface area contributed by atoms with Crippen LogP contribution in [0.1, 0.15) is 37.7 Å². The summed E-state index contributed by atoms with van der Waals surface area (Å²) in [4.78, 5) is 11.9. The number of amides is 2. The van der Waals surface area contributed by atoms with Crippen LogP contribution >= 0.6 is 0 Å². The maximum Gasteiger partial charge on any atom is 0.315 e. The van der Waals surface area contributed by atoms with Crippen LogP contribution in [-0.4, -0.2) is 50.7 Å². The van der Waals surface area contributed by atoms with Crippen LogP contribution in [0.2, 0.25) is 0 Å². The molecule has 7 heteroatoms. The number of sulfonamides is 1. The molecule has 0 heterocycles. The van der Waals surface area contributed by atoms with Gasteiger partial charge in [-0.1, -0.05) is 49.6 Å². The lowest BCUT2D eigenvalue weighted by Crippen LogP contribution is -2.46. The molecule has 140 valence electrons. The van der Waals surface area contributed by atoms with Crippen molar-refractivity contribution in [1.29, 1.82) is 0 Å². The van der Waals surface area contributed by atoms with Crippen molar-refractivity contribution in [2.75, 3.05) is 25.9 Å². The first-order valence-corrected chi connectivity index (χ1v) is 10.8. The van der Waals surface area contributed by atoms with E-state index in [4.69, 9.17) is 0 Å². The lowest BCUT2D eigenvalue weighted by atomic mass is 9.96. The van der Waals surface area contributed by atoms with Gasteiger partial charge in [-0.05, 0) is 24.8 Å². The maximum absolute atomic E-state index is 11.9. The van der Waals surface area contributed by atoms with E-state index in [9.17, 15) is 13.2 Å². The van der Waals surface area contributed by atoms with Crippen molar-refractivity contribution in [2.24, 2.45) is 0 Å². The van der Waals surface area contributed by atoms with E-state index in [0.29, 0.717) is 19.5 Å². The normalized spacial score (nSPS) is 15.9. The summed E-state index contributed by atoms with van der Waals surface area (Å²) in [5, 5.41) is 5.75. The minimum Gasteiger partial charge on any atom is -0.337 e. The summed E-state index contributed by atoms with van der Waals surface area (Å²) in [6.45, 7) is 0.999. The average Bonchev–Trinajstić information content (AvgIpc) is 2.58. The molecule has 1 aromatic rings. The van der Waals surface area contributed by atoms with E-state index in [1.165, 1.54) is 17.0 Å². The van der Waals surface area contributed by atoms with Crippen molar-refractivity contribution in [1.82, 2.24) is 14.9 Å². The Kier molecular flexibility index (Phi) is 7.71. The number of nitrogens with one attached hydrogen (secondary N) is 2. The number of carbonyl (C=O) groups excluding carboxylic acids is 1. The van der Waals surface area contributed by atoms with Crippen molar-refractivity contribution in [3.05, 3.63) is 35.9 Å². The number of benzene rings is 1. The first-order chi connectivity index (χ1) is 11.9. The van der Waals surface area contributed by atoms with E-state index in [1.54, 1.807) is 0 Å². The van der Waals surface area contributed by atoms with Crippen LogP contribution in [-0.2, 0) is 16.4 Å². The zero-order valence-corrected chi connectivity index (χ0v) is 15.7. The monoisotopic (exact) mass is 367 g/mol. The summed E-state index contributed by atoms with van der Waals surface area (Å²) >= 11 is 0. The molecular formula is C18H29N3O3S. The van der Waals surface area contributed by atoms with E-state index in [2.05, 4.69) is 10.6 Å². The zero-order valence-electron chi connectivity index (χ0n) is 14.9. The molecule has 0 spiro atoms. The Morgan fingerprint density at radius 3 is 2.44 bits per heavy atom. The highest BCUT2D eigenvalue weighted by Gasteiger charge is 2.18. The summed E-state index contributed by atoms with van der Waals surface area (Å²) in [6.07, 6.45) is 7.48. The van der Waals surface area contributed by atoms with Crippen molar-refractivity contribution in [3.8, 4) is 0 Å². The van der Waals surface area contributed by atoms with Crippen LogP contribution in [0.15, 0.2) is 30.3 Å². The lowest BCUT2D eigenvalue weighted by Gasteiger charge is -2.24. The Hall–Kier alpha value is -1.60. The minimum atomic E-state index is -3.30. The number of rotatable bonds is 8. The van der Waals surface area contributed by atoms with Crippen LogP contribution < -0.4 is 10.6 Å². The first kappa shape index (κ1) is 19.7. The SMILES string of the molecule is CS(=O)(=O)N(CCNC(=O)NC1CCCCC1)CCc1ccccc1.